The second-order valence-corrected chi connectivity index (χ2v) is 4.85. The first-order valence-corrected chi connectivity index (χ1v) is 6.62. The maximum absolute atomic E-state index is 11.2. The molecule has 0 aliphatic carbocycles. The highest BCUT2D eigenvalue weighted by Gasteiger charge is 2.14. The fourth-order valence-electron chi connectivity index (χ4n) is 2.61. The van der Waals surface area contributed by atoms with Gasteiger partial charge in [0.1, 0.15) is 0 Å². The Balaban J connectivity index is 2.66. The lowest BCUT2D eigenvalue weighted by Gasteiger charge is -2.06. The van der Waals surface area contributed by atoms with Gasteiger partial charge in [-0.3, -0.25) is 0 Å². The largest absolute Gasteiger partial charge is 0.478 e. The number of aromatic carboxylic acids is 1. The summed E-state index contributed by atoms with van der Waals surface area (Å²) in [4.78, 5) is 11.2. The number of rotatable bonds is 5. The number of nitrogens with two attached hydrogens (primary N) is 1. The van der Waals surface area contributed by atoms with Crippen LogP contribution in [0.4, 0.5) is 0 Å². The third kappa shape index (κ3) is 2.49. The van der Waals surface area contributed by atoms with Crippen LogP contribution in [-0.2, 0) is 19.9 Å². The molecule has 2 rings (SSSR count). The molecule has 0 saturated heterocycles. The molecule has 0 saturated carbocycles. The van der Waals surface area contributed by atoms with E-state index in [2.05, 4.69) is 10.8 Å². The number of carbonyl (C=O) groups is 1. The molecule has 0 atom stereocenters. The van der Waals surface area contributed by atoms with Gasteiger partial charge in [-0.2, -0.15) is 0 Å². The average Bonchev–Trinajstić information content (AvgIpc) is 2.72. The van der Waals surface area contributed by atoms with Crippen LogP contribution in [0.15, 0.2) is 18.3 Å². The van der Waals surface area contributed by atoms with Crippen LogP contribution in [0.3, 0.4) is 0 Å². The molecule has 0 amide bonds. The molecule has 1 aromatic carbocycles. The van der Waals surface area contributed by atoms with Gasteiger partial charge in [-0.15, -0.1) is 0 Å². The molecule has 0 spiro atoms. The normalized spacial score (nSPS) is 11.1. The van der Waals surface area contributed by atoms with E-state index >= 15 is 0 Å². The predicted molar refractivity (Wildman–Crippen MR) is 76.6 cm³/mol. The Hall–Kier alpha value is -1.81. The number of fused-ring (bicyclic) bond motifs is 1. The van der Waals surface area contributed by atoms with Gasteiger partial charge in [0.2, 0.25) is 0 Å². The van der Waals surface area contributed by atoms with Crippen molar-refractivity contribution in [2.24, 2.45) is 12.8 Å². The molecule has 3 N–H and O–H groups in total. The molecule has 1 aromatic heterocycles. The van der Waals surface area contributed by atoms with Crippen molar-refractivity contribution in [2.75, 3.05) is 6.54 Å². The van der Waals surface area contributed by atoms with Gasteiger partial charge in [0.25, 0.3) is 0 Å². The summed E-state index contributed by atoms with van der Waals surface area (Å²) in [6, 6.07) is 3.56. The number of nitrogens with zero attached hydrogens (tertiary/aromatic N) is 1. The highest BCUT2D eigenvalue weighted by atomic mass is 16.4. The smallest absolute Gasteiger partial charge is 0.335 e. The van der Waals surface area contributed by atoms with Gasteiger partial charge in [0.05, 0.1) is 11.1 Å². The first-order chi connectivity index (χ1) is 9.08. The Labute approximate surface area is 112 Å². The molecular formula is C15H20N2O2. The maximum atomic E-state index is 11.2. The van der Waals surface area contributed by atoms with Crippen molar-refractivity contribution in [3.8, 4) is 0 Å². The molecule has 0 fully saturated rings. The third-order valence-corrected chi connectivity index (χ3v) is 3.52. The van der Waals surface area contributed by atoms with Crippen LogP contribution < -0.4 is 5.73 Å². The van der Waals surface area contributed by atoms with Gasteiger partial charge >= 0.3 is 5.97 Å². The van der Waals surface area contributed by atoms with E-state index in [0.29, 0.717) is 12.1 Å². The number of benzene rings is 1. The third-order valence-electron chi connectivity index (χ3n) is 3.52. The van der Waals surface area contributed by atoms with Crippen LogP contribution in [0.5, 0.6) is 0 Å². The van der Waals surface area contributed by atoms with E-state index in [1.807, 2.05) is 14.0 Å². The van der Waals surface area contributed by atoms with Crippen LogP contribution in [0.1, 0.15) is 34.8 Å². The van der Waals surface area contributed by atoms with E-state index in [9.17, 15) is 9.90 Å². The SMILES string of the molecule is CCc1cc(C(=O)O)cc2c(CCCN)cn(C)c12. The summed E-state index contributed by atoms with van der Waals surface area (Å²) in [6.07, 6.45) is 4.72. The highest BCUT2D eigenvalue weighted by Crippen LogP contribution is 2.27. The van der Waals surface area contributed by atoms with Crippen molar-refractivity contribution < 1.29 is 9.90 Å². The number of hydrogen-bond donors (Lipinski definition) is 2. The van der Waals surface area contributed by atoms with E-state index in [0.717, 1.165) is 35.7 Å². The number of aromatic nitrogens is 1. The quantitative estimate of drug-likeness (QED) is 0.867. The van der Waals surface area contributed by atoms with Gasteiger partial charge in [-0.1, -0.05) is 6.92 Å². The maximum Gasteiger partial charge on any atom is 0.335 e. The first kappa shape index (κ1) is 13.6. The zero-order valence-electron chi connectivity index (χ0n) is 11.4. The van der Waals surface area contributed by atoms with Crippen molar-refractivity contribution >= 4 is 16.9 Å². The zero-order chi connectivity index (χ0) is 14.0. The van der Waals surface area contributed by atoms with E-state index < -0.39 is 5.97 Å². The number of hydrogen-bond acceptors (Lipinski definition) is 2. The van der Waals surface area contributed by atoms with Crippen molar-refractivity contribution in [1.82, 2.24) is 4.57 Å². The lowest BCUT2D eigenvalue weighted by Crippen LogP contribution is -2.01. The second kappa shape index (κ2) is 5.45. The van der Waals surface area contributed by atoms with Crippen LogP contribution in [-0.4, -0.2) is 22.2 Å². The van der Waals surface area contributed by atoms with Crippen molar-refractivity contribution in [2.45, 2.75) is 26.2 Å². The van der Waals surface area contributed by atoms with Gasteiger partial charge in [0, 0.05) is 18.6 Å². The van der Waals surface area contributed by atoms with Crippen molar-refractivity contribution in [3.05, 3.63) is 35.0 Å². The van der Waals surface area contributed by atoms with Crippen LogP contribution in [0.2, 0.25) is 0 Å². The highest BCUT2D eigenvalue weighted by molar-refractivity contribution is 5.96. The molecule has 0 unspecified atom stereocenters. The Morgan fingerprint density at radius 2 is 2.11 bits per heavy atom. The lowest BCUT2D eigenvalue weighted by atomic mass is 10.0. The predicted octanol–water partition coefficient (Wildman–Crippen LogP) is 2.33. The summed E-state index contributed by atoms with van der Waals surface area (Å²) in [5, 5.41) is 10.3. The van der Waals surface area contributed by atoms with Crippen LogP contribution in [0.25, 0.3) is 10.9 Å². The van der Waals surface area contributed by atoms with E-state index in [1.165, 1.54) is 5.56 Å². The first-order valence-electron chi connectivity index (χ1n) is 6.62. The van der Waals surface area contributed by atoms with E-state index in [1.54, 1.807) is 12.1 Å². The molecule has 0 aliphatic rings. The average molecular weight is 260 g/mol. The monoisotopic (exact) mass is 260 g/mol. The summed E-state index contributed by atoms with van der Waals surface area (Å²) in [5.74, 6) is -0.870. The molecule has 2 aromatic rings. The topological polar surface area (TPSA) is 68.2 Å². The number of carboxylic acids is 1. The Bertz CT molecular complexity index is 614. The molecule has 0 aliphatic heterocycles. The summed E-state index contributed by atoms with van der Waals surface area (Å²) in [6.45, 7) is 2.70. The Morgan fingerprint density at radius 3 is 2.68 bits per heavy atom. The number of carboxylic acid groups (broad SMARTS) is 1. The Morgan fingerprint density at radius 1 is 1.37 bits per heavy atom. The molecule has 19 heavy (non-hydrogen) atoms. The minimum atomic E-state index is -0.870. The molecule has 0 bridgehead atoms. The van der Waals surface area contributed by atoms with E-state index in [-0.39, 0.29) is 0 Å². The molecule has 102 valence electrons. The van der Waals surface area contributed by atoms with Gasteiger partial charge in [-0.05, 0) is 49.1 Å². The fraction of sp³-hybridized carbons (Fsp3) is 0.400. The molecule has 4 nitrogen and oxygen atoms in total. The van der Waals surface area contributed by atoms with Crippen LogP contribution >= 0.6 is 0 Å². The molecule has 4 heteroatoms. The minimum Gasteiger partial charge on any atom is -0.478 e. The zero-order valence-corrected chi connectivity index (χ0v) is 11.4. The molecule has 0 radical (unpaired) electrons. The van der Waals surface area contributed by atoms with Crippen molar-refractivity contribution in [3.63, 3.8) is 0 Å². The van der Waals surface area contributed by atoms with Gasteiger partial charge < -0.3 is 15.4 Å². The van der Waals surface area contributed by atoms with Crippen molar-refractivity contribution in [1.29, 1.82) is 0 Å². The van der Waals surface area contributed by atoms with E-state index in [4.69, 9.17) is 5.73 Å². The van der Waals surface area contributed by atoms with Crippen LogP contribution in [0, 0.1) is 0 Å². The lowest BCUT2D eigenvalue weighted by molar-refractivity contribution is 0.0697. The van der Waals surface area contributed by atoms with Gasteiger partial charge in [-0.25, -0.2) is 4.79 Å². The number of aryl methyl sites for hydroxylation is 3. The fourth-order valence-corrected chi connectivity index (χ4v) is 2.61. The molecular weight excluding hydrogens is 240 g/mol. The standard InChI is InChI=1S/C15H20N2O2/c1-3-10-7-12(15(18)19)8-13-11(5-4-6-16)9-17(2)14(10)13/h7-9H,3-6,16H2,1-2H3,(H,18,19). The summed E-state index contributed by atoms with van der Waals surface area (Å²) < 4.78 is 2.09. The second-order valence-electron chi connectivity index (χ2n) is 4.85. The Kier molecular flexibility index (Phi) is 3.90. The summed E-state index contributed by atoms with van der Waals surface area (Å²) in [7, 11) is 2.01. The molecule has 1 heterocycles. The summed E-state index contributed by atoms with van der Waals surface area (Å²) >= 11 is 0. The van der Waals surface area contributed by atoms with Gasteiger partial charge in [0.15, 0.2) is 0 Å². The summed E-state index contributed by atoms with van der Waals surface area (Å²) in [5.41, 5.74) is 9.33. The minimum absolute atomic E-state index is 0.365.